The van der Waals surface area contributed by atoms with Gasteiger partial charge in [0.05, 0.1) is 12.7 Å². The first-order valence-electron chi connectivity index (χ1n) is 5.88. The van der Waals surface area contributed by atoms with Crippen LogP contribution in [0, 0.1) is 0 Å². The average molecular weight is 223 g/mol. The number of aliphatic hydroxyl groups is 2. The minimum atomic E-state index is -0.695. The molecular weight excluding hydrogens is 202 g/mol. The van der Waals surface area contributed by atoms with E-state index in [1.807, 2.05) is 12.1 Å². The van der Waals surface area contributed by atoms with Crippen LogP contribution in [0.15, 0.2) is 24.3 Å². The van der Waals surface area contributed by atoms with Gasteiger partial charge in [0.2, 0.25) is 0 Å². The van der Waals surface area contributed by atoms with E-state index >= 15 is 0 Å². The van der Waals surface area contributed by atoms with E-state index in [4.69, 9.17) is 5.11 Å². The topological polar surface area (TPSA) is 52.5 Å². The van der Waals surface area contributed by atoms with Crippen molar-refractivity contribution in [2.75, 3.05) is 18.5 Å². The molecule has 0 bridgehead atoms. The van der Waals surface area contributed by atoms with Gasteiger partial charge in [-0.3, -0.25) is 0 Å². The van der Waals surface area contributed by atoms with Gasteiger partial charge in [-0.15, -0.1) is 0 Å². The van der Waals surface area contributed by atoms with Crippen LogP contribution in [-0.2, 0) is 6.42 Å². The lowest BCUT2D eigenvalue weighted by Gasteiger charge is -2.10. The molecule has 0 heterocycles. The number of nitrogens with one attached hydrogen (secondary N) is 1. The lowest BCUT2D eigenvalue weighted by molar-refractivity contribution is 0.105. The fourth-order valence-electron chi connectivity index (χ4n) is 1.47. The second-order valence-electron chi connectivity index (χ2n) is 4.02. The Hall–Kier alpha value is -1.06. The Balaban J connectivity index is 2.38. The monoisotopic (exact) mass is 223 g/mol. The van der Waals surface area contributed by atoms with Crippen LogP contribution in [0.1, 0.15) is 25.3 Å². The van der Waals surface area contributed by atoms with Crippen LogP contribution < -0.4 is 5.32 Å². The summed E-state index contributed by atoms with van der Waals surface area (Å²) in [5.41, 5.74) is 2.32. The summed E-state index contributed by atoms with van der Waals surface area (Å²) < 4.78 is 0. The van der Waals surface area contributed by atoms with Gasteiger partial charge in [-0.2, -0.15) is 0 Å². The van der Waals surface area contributed by atoms with Gasteiger partial charge < -0.3 is 15.5 Å². The Kier molecular flexibility index (Phi) is 5.90. The van der Waals surface area contributed by atoms with Crippen LogP contribution >= 0.6 is 0 Å². The first kappa shape index (κ1) is 13.0. The summed E-state index contributed by atoms with van der Waals surface area (Å²) >= 11 is 0. The number of rotatable bonds is 7. The van der Waals surface area contributed by atoms with Gasteiger partial charge in [-0.1, -0.05) is 25.5 Å². The van der Waals surface area contributed by atoms with E-state index in [1.165, 1.54) is 18.4 Å². The van der Waals surface area contributed by atoms with Crippen LogP contribution in [0.2, 0.25) is 0 Å². The number of aryl methyl sites for hydroxylation is 1. The third-order valence-electron chi connectivity index (χ3n) is 2.53. The zero-order valence-corrected chi connectivity index (χ0v) is 9.82. The predicted molar refractivity (Wildman–Crippen MR) is 66.6 cm³/mol. The van der Waals surface area contributed by atoms with E-state index in [-0.39, 0.29) is 6.61 Å². The molecule has 0 unspecified atom stereocenters. The Morgan fingerprint density at radius 2 is 1.94 bits per heavy atom. The minimum absolute atomic E-state index is 0.207. The quantitative estimate of drug-likeness (QED) is 0.660. The minimum Gasteiger partial charge on any atom is -0.394 e. The Morgan fingerprint density at radius 3 is 2.50 bits per heavy atom. The maximum absolute atomic E-state index is 9.18. The third kappa shape index (κ3) is 4.64. The first-order valence-corrected chi connectivity index (χ1v) is 5.88. The van der Waals surface area contributed by atoms with Crippen LogP contribution in [0.4, 0.5) is 5.69 Å². The Bertz CT molecular complexity index is 284. The SMILES string of the molecule is CCCCc1ccc(NC[C@@H](O)CO)cc1. The standard InChI is InChI=1S/C13H21NO2/c1-2-3-4-11-5-7-12(8-6-11)14-9-13(16)10-15/h5-8,13-16H,2-4,9-10H2,1H3/t13-/m1/s1. The highest BCUT2D eigenvalue weighted by molar-refractivity contribution is 5.44. The fourth-order valence-corrected chi connectivity index (χ4v) is 1.47. The molecule has 0 aliphatic heterocycles. The highest BCUT2D eigenvalue weighted by Crippen LogP contribution is 2.11. The molecule has 1 aromatic carbocycles. The number of aliphatic hydroxyl groups excluding tert-OH is 2. The van der Waals surface area contributed by atoms with Gasteiger partial charge in [0, 0.05) is 12.2 Å². The molecule has 0 aliphatic carbocycles. The summed E-state index contributed by atoms with van der Waals surface area (Å²) in [5.74, 6) is 0. The summed E-state index contributed by atoms with van der Waals surface area (Å²) in [4.78, 5) is 0. The molecule has 0 amide bonds. The van der Waals surface area contributed by atoms with E-state index < -0.39 is 6.10 Å². The first-order chi connectivity index (χ1) is 7.76. The predicted octanol–water partition coefficient (Wildman–Crippen LogP) is 1.79. The van der Waals surface area contributed by atoms with Crippen LogP contribution in [0.25, 0.3) is 0 Å². The van der Waals surface area contributed by atoms with Crippen molar-refractivity contribution in [3.63, 3.8) is 0 Å². The van der Waals surface area contributed by atoms with Crippen molar-refractivity contribution in [2.45, 2.75) is 32.3 Å². The molecule has 0 fully saturated rings. The van der Waals surface area contributed by atoms with Crippen LogP contribution in [0.3, 0.4) is 0 Å². The average Bonchev–Trinajstić information content (AvgIpc) is 2.34. The summed E-state index contributed by atoms with van der Waals surface area (Å²) in [6.07, 6.45) is 2.86. The summed E-state index contributed by atoms with van der Waals surface area (Å²) in [6.45, 7) is 2.36. The summed E-state index contributed by atoms with van der Waals surface area (Å²) in [5, 5.41) is 20.9. The van der Waals surface area contributed by atoms with E-state index in [9.17, 15) is 5.11 Å². The molecule has 1 atom stereocenters. The van der Waals surface area contributed by atoms with Gasteiger partial charge in [-0.25, -0.2) is 0 Å². The molecule has 0 aromatic heterocycles. The zero-order chi connectivity index (χ0) is 11.8. The lowest BCUT2D eigenvalue weighted by Crippen LogP contribution is -2.22. The normalized spacial score (nSPS) is 12.4. The molecule has 1 aromatic rings. The van der Waals surface area contributed by atoms with Gasteiger partial charge in [0.15, 0.2) is 0 Å². The highest BCUT2D eigenvalue weighted by atomic mass is 16.3. The molecule has 3 N–H and O–H groups in total. The number of anilines is 1. The van der Waals surface area contributed by atoms with Gasteiger partial charge in [-0.05, 0) is 30.5 Å². The van der Waals surface area contributed by atoms with E-state index in [0.29, 0.717) is 6.54 Å². The van der Waals surface area contributed by atoms with Crippen LogP contribution in [0.5, 0.6) is 0 Å². The smallest absolute Gasteiger partial charge is 0.0942 e. The molecule has 0 spiro atoms. The van der Waals surface area contributed by atoms with Crippen molar-refractivity contribution in [3.8, 4) is 0 Å². The maximum Gasteiger partial charge on any atom is 0.0942 e. The van der Waals surface area contributed by atoms with E-state index in [1.54, 1.807) is 0 Å². The van der Waals surface area contributed by atoms with Gasteiger partial charge in [0.25, 0.3) is 0 Å². The molecule has 3 heteroatoms. The van der Waals surface area contributed by atoms with Crippen molar-refractivity contribution in [3.05, 3.63) is 29.8 Å². The lowest BCUT2D eigenvalue weighted by atomic mass is 10.1. The molecule has 0 radical (unpaired) electrons. The largest absolute Gasteiger partial charge is 0.394 e. The summed E-state index contributed by atoms with van der Waals surface area (Å²) in [7, 11) is 0. The molecule has 0 aliphatic rings. The molecular formula is C13H21NO2. The van der Waals surface area contributed by atoms with Gasteiger partial charge in [0.1, 0.15) is 0 Å². The number of hydrogen-bond donors (Lipinski definition) is 3. The third-order valence-corrected chi connectivity index (χ3v) is 2.53. The molecule has 0 saturated heterocycles. The Labute approximate surface area is 97.1 Å². The van der Waals surface area contributed by atoms with Gasteiger partial charge >= 0.3 is 0 Å². The number of unbranched alkanes of at least 4 members (excludes halogenated alkanes) is 1. The molecule has 0 saturated carbocycles. The van der Waals surface area contributed by atoms with E-state index in [0.717, 1.165) is 12.1 Å². The Morgan fingerprint density at radius 1 is 1.25 bits per heavy atom. The van der Waals surface area contributed by atoms with Crippen molar-refractivity contribution in [2.24, 2.45) is 0 Å². The second kappa shape index (κ2) is 7.25. The molecule has 90 valence electrons. The molecule has 1 rings (SSSR count). The zero-order valence-electron chi connectivity index (χ0n) is 9.82. The fraction of sp³-hybridized carbons (Fsp3) is 0.538. The summed E-state index contributed by atoms with van der Waals surface area (Å²) in [6, 6.07) is 8.22. The second-order valence-corrected chi connectivity index (χ2v) is 4.02. The molecule has 3 nitrogen and oxygen atoms in total. The van der Waals surface area contributed by atoms with Crippen LogP contribution in [-0.4, -0.2) is 29.5 Å². The van der Waals surface area contributed by atoms with E-state index in [2.05, 4.69) is 24.4 Å². The molecule has 16 heavy (non-hydrogen) atoms. The number of benzene rings is 1. The van der Waals surface area contributed by atoms with Crippen molar-refractivity contribution in [1.82, 2.24) is 0 Å². The van der Waals surface area contributed by atoms with Crippen molar-refractivity contribution in [1.29, 1.82) is 0 Å². The number of hydrogen-bond acceptors (Lipinski definition) is 3. The van der Waals surface area contributed by atoms with Crippen molar-refractivity contribution < 1.29 is 10.2 Å². The highest BCUT2D eigenvalue weighted by Gasteiger charge is 2.00. The van der Waals surface area contributed by atoms with Crippen molar-refractivity contribution >= 4 is 5.69 Å². The maximum atomic E-state index is 9.18.